The molecule has 31 heavy (non-hydrogen) atoms. The predicted octanol–water partition coefficient (Wildman–Crippen LogP) is 2.47. The lowest BCUT2D eigenvalue weighted by Gasteiger charge is -2.26. The monoisotopic (exact) mass is 453 g/mol. The van der Waals surface area contributed by atoms with Crippen LogP contribution in [0.1, 0.15) is 47.6 Å². The number of aromatic nitrogens is 2. The maximum atomic E-state index is 12.9. The first-order chi connectivity index (χ1) is 14.7. The summed E-state index contributed by atoms with van der Waals surface area (Å²) in [6, 6.07) is 5.38. The van der Waals surface area contributed by atoms with E-state index >= 15 is 0 Å². The molecular formula is C19H21F2N5O4S. The maximum absolute atomic E-state index is 12.9. The number of nitrogens with zero attached hydrogens (tertiary/aromatic N) is 3. The number of nitriles is 1. The third kappa shape index (κ3) is 4.52. The topological polar surface area (TPSA) is 151 Å². The number of anilines is 2. The Kier molecular flexibility index (Phi) is 6.56. The van der Waals surface area contributed by atoms with E-state index < -0.39 is 33.0 Å². The number of nitrogens with two attached hydrogens (primary N) is 1. The number of hydrogen-bond acceptors (Lipinski definition) is 7. The number of primary amides is 1. The normalized spacial score (nSPS) is 19.2. The molecule has 0 unspecified atom stereocenters. The van der Waals surface area contributed by atoms with Crippen molar-refractivity contribution in [2.75, 3.05) is 5.32 Å². The third-order valence-electron chi connectivity index (χ3n) is 5.27. The first-order valence-corrected chi connectivity index (χ1v) is 11.0. The van der Waals surface area contributed by atoms with Crippen LogP contribution in [0, 0.1) is 17.2 Å². The number of alkyl halides is 2. The van der Waals surface area contributed by atoms with Crippen molar-refractivity contribution in [3.63, 3.8) is 0 Å². The summed E-state index contributed by atoms with van der Waals surface area (Å²) < 4.78 is 50.8. The summed E-state index contributed by atoms with van der Waals surface area (Å²) in [5.41, 5.74) is 5.48. The lowest BCUT2D eigenvalue weighted by atomic mass is 9.85. The van der Waals surface area contributed by atoms with Crippen molar-refractivity contribution in [2.45, 2.75) is 49.0 Å². The highest BCUT2D eigenvalue weighted by Crippen LogP contribution is 2.35. The number of amides is 1. The first-order valence-electron chi connectivity index (χ1n) is 9.50. The third-order valence-corrected chi connectivity index (χ3v) is 6.75. The molecule has 12 heteroatoms. The highest BCUT2D eigenvalue weighted by molar-refractivity contribution is 7.91. The molecule has 1 aliphatic rings. The Morgan fingerprint density at radius 2 is 2.10 bits per heavy atom. The standard InChI is InChI=1S/C19H21F2N5O4S/c20-19(21)31(29,30)16-6-5-13(7-12(16)10-27)24-18-14(17(23)28)9-26(25-18)15-4-2-1-3-11(15)8-22/h5-7,9,11,15,19,27H,1-4,10H2,(H2,23,28)(H,24,25)/t11-,15+/m1/s1. The van der Waals surface area contributed by atoms with Crippen LogP contribution in [0.2, 0.25) is 0 Å². The van der Waals surface area contributed by atoms with Gasteiger partial charge in [0.05, 0.1) is 29.5 Å². The van der Waals surface area contributed by atoms with E-state index in [9.17, 15) is 32.4 Å². The number of benzene rings is 1. The average Bonchev–Trinajstić information content (AvgIpc) is 3.17. The molecule has 0 saturated heterocycles. The van der Waals surface area contributed by atoms with Crippen LogP contribution in [0.5, 0.6) is 0 Å². The van der Waals surface area contributed by atoms with Crippen LogP contribution in [0.3, 0.4) is 0 Å². The SMILES string of the molecule is N#C[C@H]1CCCC[C@@H]1n1cc(C(N)=O)c(Nc2ccc(S(=O)(=O)C(F)F)c(CO)c2)n1. The zero-order valence-electron chi connectivity index (χ0n) is 16.3. The van der Waals surface area contributed by atoms with Gasteiger partial charge in [-0.05, 0) is 36.6 Å². The number of carbonyl (C=O) groups excluding carboxylic acids is 1. The molecule has 1 aromatic heterocycles. The Morgan fingerprint density at radius 1 is 1.39 bits per heavy atom. The van der Waals surface area contributed by atoms with Crippen LogP contribution < -0.4 is 11.1 Å². The molecule has 2 aromatic rings. The number of rotatable bonds is 7. The Bertz CT molecular complexity index is 1130. The van der Waals surface area contributed by atoms with Crippen LogP contribution in [0.4, 0.5) is 20.3 Å². The average molecular weight is 453 g/mol. The summed E-state index contributed by atoms with van der Waals surface area (Å²) in [6.07, 6.45) is 4.73. The summed E-state index contributed by atoms with van der Waals surface area (Å²) in [4.78, 5) is 11.2. The van der Waals surface area contributed by atoms with E-state index in [1.807, 2.05) is 0 Å². The van der Waals surface area contributed by atoms with Gasteiger partial charge >= 0.3 is 5.76 Å². The number of nitrogens with one attached hydrogen (secondary N) is 1. The molecule has 1 fully saturated rings. The molecule has 1 aliphatic carbocycles. The van der Waals surface area contributed by atoms with Crippen LogP contribution >= 0.6 is 0 Å². The van der Waals surface area contributed by atoms with Gasteiger partial charge in [-0.15, -0.1) is 0 Å². The number of sulfone groups is 1. The van der Waals surface area contributed by atoms with E-state index in [4.69, 9.17) is 5.73 Å². The van der Waals surface area contributed by atoms with Crippen LogP contribution in [-0.2, 0) is 16.4 Å². The number of aliphatic hydroxyl groups is 1. The van der Waals surface area contributed by atoms with E-state index in [-0.39, 0.29) is 34.6 Å². The highest BCUT2D eigenvalue weighted by Gasteiger charge is 2.30. The van der Waals surface area contributed by atoms with Crippen molar-refractivity contribution in [2.24, 2.45) is 11.7 Å². The Hall–Kier alpha value is -3.04. The van der Waals surface area contributed by atoms with E-state index in [0.29, 0.717) is 6.42 Å². The van der Waals surface area contributed by atoms with Gasteiger partial charge in [-0.25, -0.2) is 8.42 Å². The minimum Gasteiger partial charge on any atom is -0.392 e. The Morgan fingerprint density at radius 3 is 2.71 bits per heavy atom. The predicted molar refractivity (Wildman–Crippen MR) is 106 cm³/mol. The molecule has 1 heterocycles. The second kappa shape index (κ2) is 8.99. The molecule has 0 radical (unpaired) electrons. The molecule has 2 atom stereocenters. The lowest BCUT2D eigenvalue weighted by molar-refractivity contribution is 0.100. The Balaban J connectivity index is 1.96. The molecule has 3 rings (SSSR count). The van der Waals surface area contributed by atoms with E-state index in [1.54, 1.807) is 0 Å². The van der Waals surface area contributed by atoms with Crippen LogP contribution in [0.15, 0.2) is 29.3 Å². The highest BCUT2D eigenvalue weighted by atomic mass is 32.2. The van der Waals surface area contributed by atoms with Gasteiger partial charge in [-0.1, -0.05) is 12.8 Å². The van der Waals surface area contributed by atoms with Crippen LogP contribution in [0.25, 0.3) is 0 Å². The quantitative estimate of drug-likeness (QED) is 0.582. The van der Waals surface area contributed by atoms with E-state index in [2.05, 4.69) is 16.5 Å². The van der Waals surface area contributed by atoms with Crippen LogP contribution in [-0.4, -0.2) is 35.0 Å². The fraction of sp³-hybridized carbons (Fsp3) is 0.421. The lowest BCUT2D eigenvalue weighted by Crippen LogP contribution is -2.22. The number of aliphatic hydroxyl groups excluding tert-OH is 1. The second-order valence-corrected chi connectivity index (χ2v) is 9.12. The summed E-state index contributed by atoms with van der Waals surface area (Å²) in [7, 11) is -4.90. The minimum absolute atomic E-state index is 0.0529. The number of hydrogen-bond donors (Lipinski definition) is 3. The maximum Gasteiger partial charge on any atom is 0.341 e. The van der Waals surface area contributed by atoms with Crippen molar-refractivity contribution < 1.29 is 27.1 Å². The molecule has 1 aromatic carbocycles. The molecule has 0 bridgehead atoms. The molecule has 0 spiro atoms. The van der Waals surface area contributed by atoms with Gasteiger partial charge in [0.1, 0.15) is 5.56 Å². The van der Waals surface area contributed by atoms with Crippen molar-refractivity contribution >= 4 is 27.2 Å². The summed E-state index contributed by atoms with van der Waals surface area (Å²) in [6.45, 7) is -0.792. The van der Waals surface area contributed by atoms with E-state index in [0.717, 1.165) is 25.3 Å². The molecule has 1 saturated carbocycles. The van der Waals surface area contributed by atoms with Gasteiger partial charge in [0.2, 0.25) is 9.84 Å². The zero-order valence-corrected chi connectivity index (χ0v) is 17.1. The minimum atomic E-state index is -4.90. The van der Waals surface area contributed by atoms with Gasteiger partial charge < -0.3 is 16.2 Å². The Labute approximate surface area is 177 Å². The largest absolute Gasteiger partial charge is 0.392 e. The van der Waals surface area contributed by atoms with Gasteiger partial charge in [-0.2, -0.15) is 19.1 Å². The molecule has 9 nitrogen and oxygen atoms in total. The van der Waals surface area contributed by atoms with E-state index in [1.165, 1.54) is 23.0 Å². The summed E-state index contributed by atoms with van der Waals surface area (Å²) in [5, 5.41) is 26.0. The summed E-state index contributed by atoms with van der Waals surface area (Å²) >= 11 is 0. The van der Waals surface area contributed by atoms with Gasteiger partial charge in [0.15, 0.2) is 5.82 Å². The number of halogens is 2. The van der Waals surface area contributed by atoms with Gasteiger partial charge in [-0.3, -0.25) is 9.48 Å². The molecule has 166 valence electrons. The second-order valence-electron chi connectivity index (χ2n) is 7.23. The van der Waals surface area contributed by atoms with Gasteiger partial charge in [0.25, 0.3) is 5.91 Å². The first kappa shape index (κ1) is 22.6. The molecule has 1 amide bonds. The zero-order chi connectivity index (χ0) is 22.8. The number of carbonyl (C=O) groups is 1. The fourth-order valence-corrected chi connectivity index (χ4v) is 4.64. The van der Waals surface area contributed by atoms with Crippen molar-refractivity contribution in [1.29, 1.82) is 5.26 Å². The van der Waals surface area contributed by atoms with Crippen molar-refractivity contribution in [3.8, 4) is 6.07 Å². The molecule has 0 aliphatic heterocycles. The molecule has 4 N–H and O–H groups in total. The molecular weight excluding hydrogens is 432 g/mol. The van der Waals surface area contributed by atoms with Gasteiger partial charge in [0, 0.05) is 11.9 Å². The van der Waals surface area contributed by atoms with Crippen molar-refractivity contribution in [1.82, 2.24) is 9.78 Å². The fourth-order valence-electron chi connectivity index (χ4n) is 3.70. The van der Waals surface area contributed by atoms with Crippen molar-refractivity contribution in [3.05, 3.63) is 35.5 Å². The summed E-state index contributed by atoms with van der Waals surface area (Å²) in [5.74, 6) is -4.58. The smallest absolute Gasteiger partial charge is 0.341 e.